The second kappa shape index (κ2) is 16.1. The summed E-state index contributed by atoms with van der Waals surface area (Å²) in [5, 5.41) is 14.4. The fourth-order valence-electron chi connectivity index (χ4n) is 2.04. The number of carbonyl (C=O) groups is 2. The van der Waals surface area contributed by atoms with Crippen LogP contribution < -0.4 is 10.6 Å². The zero-order chi connectivity index (χ0) is 18.2. The maximum atomic E-state index is 11.7. The Kier molecular flexibility index (Phi) is 15.8. The smallest absolute Gasteiger partial charge is 0.220 e. The summed E-state index contributed by atoms with van der Waals surface area (Å²) < 4.78 is 5.01. The van der Waals surface area contributed by atoms with Crippen LogP contribution in [0.1, 0.15) is 39.0 Å². The van der Waals surface area contributed by atoms with Crippen LogP contribution in [0.4, 0.5) is 0 Å². The normalized spacial score (nSPS) is 13.3. The molecule has 2 unspecified atom stereocenters. The summed E-state index contributed by atoms with van der Waals surface area (Å²) in [4.78, 5) is 23.3. The van der Waals surface area contributed by atoms with Gasteiger partial charge < -0.3 is 20.5 Å². The van der Waals surface area contributed by atoms with Gasteiger partial charge >= 0.3 is 0 Å². The Morgan fingerprint density at radius 3 is 2.62 bits per heavy atom. The zero-order valence-corrected chi connectivity index (χ0v) is 16.5. The summed E-state index contributed by atoms with van der Waals surface area (Å²) >= 11 is 6.02. The predicted molar refractivity (Wildman–Crippen MR) is 102 cm³/mol. The molecular weight excluding hydrogens is 348 g/mol. The van der Waals surface area contributed by atoms with Crippen LogP contribution in [0.15, 0.2) is 0 Å². The van der Waals surface area contributed by atoms with Gasteiger partial charge in [0, 0.05) is 52.0 Å². The van der Waals surface area contributed by atoms with E-state index in [1.165, 1.54) is 0 Å². The number of hydrogen-bond acceptors (Lipinski definition) is 6. The van der Waals surface area contributed by atoms with Gasteiger partial charge in [0.15, 0.2) is 0 Å². The molecule has 0 bridgehead atoms. The van der Waals surface area contributed by atoms with Gasteiger partial charge in [-0.3, -0.25) is 9.59 Å². The van der Waals surface area contributed by atoms with Crippen LogP contribution in [0.5, 0.6) is 0 Å². The standard InChI is InChI=1S/C16H32N2O4S2/c1-13(12-22-2)10-15(21)17-7-9-24-16(23)11-18-14(20)6-4-3-5-8-19/h13,16,19,23H,3-12H2,1-2H3,(H,17,21)(H,18,20). The van der Waals surface area contributed by atoms with Crippen LogP contribution >= 0.6 is 24.4 Å². The SMILES string of the molecule is COCC(C)CC(=O)NCCSC(S)CNC(=O)CCCCCO. The van der Waals surface area contributed by atoms with Crippen molar-refractivity contribution < 1.29 is 19.4 Å². The van der Waals surface area contributed by atoms with E-state index in [9.17, 15) is 9.59 Å². The molecule has 0 saturated heterocycles. The second-order valence-corrected chi connectivity index (χ2v) is 8.06. The first kappa shape index (κ1) is 23.6. The van der Waals surface area contributed by atoms with Crippen molar-refractivity contribution in [1.82, 2.24) is 10.6 Å². The number of carbonyl (C=O) groups excluding carboxylic acids is 2. The van der Waals surface area contributed by atoms with Crippen molar-refractivity contribution in [3.05, 3.63) is 0 Å². The number of aliphatic hydroxyl groups is 1. The lowest BCUT2D eigenvalue weighted by molar-refractivity contribution is -0.122. The van der Waals surface area contributed by atoms with Crippen LogP contribution in [-0.4, -0.2) is 60.7 Å². The van der Waals surface area contributed by atoms with Crippen molar-refractivity contribution >= 4 is 36.2 Å². The number of thiol groups is 1. The van der Waals surface area contributed by atoms with E-state index in [1.54, 1.807) is 18.9 Å². The van der Waals surface area contributed by atoms with Crippen molar-refractivity contribution in [2.75, 3.05) is 39.2 Å². The van der Waals surface area contributed by atoms with Gasteiger partial charge in [-0.1, -0.05) is 13.3 Å². The molecule has 0 fully saturated rings. The molecule has 0 aromatic heterocycles. The molecule has 0 aliphatic heterocycles. The molecule has 0 heterocycles. The van der Waals surface area contributed by atoms with Gasteiger partial charge in [-0.2, -0.15) is 12.6 Å². The van der Waals surface area contributed by atoms with E-state index in [2.05, 4.69) is 23.3 Å². The van der Waals surface area contributed by atoms with Crippen molar-refractivity contribution in [3.8, 4) is 0 Å². The van der Waals surface area contributed by atoms with Crippen molar-refractivity contribution in [2.24, 2.45) is 5.92 Å². The minimum atomic E-state index is 0.00992. The van der Waals surface area contributed by atoms with E-state index >= 15 is 0 Å². The van der Waals surface area contributed by atoms with E-state index in [0.717, 1.165) is 25.0 Å². The Hall–Kier alpha value is -0.440. The summed E-state index contributed by atoms with van der Waals surface area (Å²) in [7, 11) is 1.63. The van der Waals surface area contributed by atoms with Gasteiger partial charge in [-0.05, 0) is 18.8 Å². The highest BCUT2D eigenvalue weighted by Crippen LogP contribution is 2.13. The summed E-state index contributed by atoms with van der Waals surface area (Å²) in [5.41, 5.74) is 0. The van der Waals surface area contributed by atoms with Gasteiger partial charge in [0.2, 0.25) is 11.8 Å². The average molecular weight is 381 g/mol. The van der Waals surface area contributed by atoms with E-state index in [-0.39, 0.29) is 28.9 Å². The number of aliphatic hydroxyl groups excluding tert-OH is 1. The molecule has 24 heavy (non-hydrogen) atoms. The average Bonchev–Trinajstić information content (AvgIpc) is 2.54. The number of methoxy groups -OCH3 is 1. The molecule has 142 valence electrons. The first-order valence-corrected chi connectivity index (χ1v) is 9.99. The molecule has 0 saturated carbocycles. The molecule has 0 aliphatic carbocycles. The van der Waals surface area contributed by atoms with Crippen LogP contribution in [0.3, 0.4) is 0 Å². The molecular formula is C16H32N2O4S2. The lowest BCUT2D eigenvalue weighted by Crippen LogP contribution is -2.30. The minimum Gasteiger partial charge on any atom is -0.396 e. The monoisotopic (exact) mass is 380 g/mol. The molecule has 8 heteroatoms. The number of rotatable bonds is 15. The summed E-state index contributed by atoms with van der Waals surface area (Å²) in [6, 6.07) is 0. The third-order valence-electron chi connectivity index (χ3n) is 3.26. The number of nitrogens with one attached hydrogen (secondary N) is 2. The topological polar surface area (TPSA) is 87.7 Å². The summed E-state index contributed by atoms with van der Waals surface area (Å²) in [6.45, 7) is 3.84. The number of thioether (sulfide) groups is 1. The van der Waals surface area contributed by atoms with E-state index in [4.69, 9.17) is 9.84 Å². The van der Waals surface area contributed by atoms with Crippen LogP contribution in [0.25, 0.3) is 0 Å². The fourth-order valence-corrected chi connectivity index (χ4v) is 3.14. The lowest BCUT2D eigenvalue weighted by atomic mass is 10.1. The molecule has 2 amide bonds. The number of amides is 2. The van der Waals surface area contributed by atoms with Crippen LogP contribution in [0, 0.1) is 5.92 Å². The molecule has 6 nitrogen and oxygen atoms in total. The molecule has 0 aromatic carbocycles. The van der Waals surface area contributed by atoms with Gasteiger partial charge in [-0.25, -0.2) is 0 Å². The van der Waals surface area contributed by atoms with Gasteiger partial charge in [0.25, 0.3) is 0 Å². The Balaban J connectivity index is 3.56. The maximum Gasteiger partial charge on any atom is 0.220 e. The molecule has 3 N–H and O–H groups in total. The van der Waals surface area contributed by atoms with Crippen molar-refractivity contribution in [2.45, 2.75) is 43.6 Å². The van der Waals surface area contributed by atoms with Crippen LogP contribution in [-0.2, 0) is 14.3 Å². The maximum absolute atomic E-state index is 11.7. The molecule has 0 aliphatic rings. The molecule has 0 rings (SSSR count). The van der Waals surface area contributed by atoms with E-state index in [1.807, 2.05) is 6.92 Å². The van der Waals surface area contributed by atoms with Crippen LogP contribution in [0.2, 0.25) is 0 Å². The fraction of sp³-hybridized carbons (Fsp3) is 0.875. The van der Waals surface area contributed by atoms with Gasteiger partial charge in [0.05, 0.1) is 4.58 Å². The summed E-state index contributed by atoms with van der Waals surface area (Å²) in [5.74, 6) is 1.03. The number of hydrogen-bond donors (Lipinski definition) is 4. The molecule has 0 aromatic rings. The lowest BCUT2D eigenvalue weighted by Gasteiger charge is -2.13. The van der Waals surface area contributed by atoms with E-state index in [0.29, 0.717) is 32.5 Å². The van der Waals surface area contributed by atoms with Gasteiger partial charge in [0.1, 0.15) is 0 Å². The quantitative estimate of drug-likeness (QED) is 0.196. The van der Waals surface area contributed by atoms with Crippen molar-refractivity contribution in [1.29, 1.82) is 0 Å². The Morgan fingerprint density at radius 1 is 1.21 bits per heavy atom. The predicted octanol–water partition coefficient (Wildman–Crippen LogP) is 1.43. The first-order valence-electron chi connectivity index (χ1n) is 8.42. The van der Waals surface area contributed by atoms with E-state index < -0.39 is 0 Å². The number of unbranched alkanes of at least 4 members (excludes halogenated alkanes) is 2. The highest BCUT2D eigenvalue weighted by Gasteiger charge is 2.09. The third-order valence-corrected chi connectivity index (χ3v) is 4.88. The molecule has 2 atom stereocenters. The first-order chi connectivity index (χ1) is 11.5. The van der Waals surface area contributed by atoms with Gasteiger partial charge in [-0.15, -0.1) is 11.8 Å². The minimum absolute atomic E-state index is 0.00992. The third kappa shape index (κ3) is 15.1. The summed E-state index contributed by atoms with van der Waals surface area (Å²) in [6.07, 6.45) is 3.36. The van der Waals surface area contributed by atoms with Crippen molar-refractivity contribution in [3.63, 3.8) is 0 Å². The Labute approximate surface area is 155 Å². The highest BCUT2D eigenvalue weighted by molar-refractivity contribution is 8.10. The molecule has 0 spiro atoms. The largest absolute Gasteiger partial charge is 0.396 e. The Morgan fingerprint density at radius 2 is 1.96 bits per heavy atom. The Bertz CT molecular complexity index is 346. The number of ether oxygens (including phenoxy) is 1. The molecule has 0 radical (unpaired) electrons. The second-order valence-electron chi connectivity index (χ2n) is 5.78. The highest BCUT2D eigenvalue weighted by atomic mass is 32.2. The zero-order valence-electron chi connectivity index (χ0n) is 14.8.